The first-order chi connectivity index (χ1) is 6.93. The van der Waals surface area contributed by atoms with Crippen LogP contribution in [-0.2, 0) is 4.79 Å². The van der Waals surface area contributed by atoms with Crippen LogP contribution in [0.5, 0.6) is 0 Å². The Morgan fingerprint density at radius 2 is 2.07 bits per heavy atom. The number of hydrogen-bond donors (Lipinski definition) is 2. The Hall–Kier alpha value is -1.01. The zero-order chi connectivity index (χ0) is 11.9. The monoisotopic (exact) mass is 210 g/mol. The molecule has 2 N–H and O–H groups in total. The number of hydrogen-bond acceptors (Lipinski definition) is 2. The minimum Gasteiger partial charge on any atom is -0.350 e. The van der Waals surface area contributed by atoms with Crippen molar-refractivity contribution in [2.45, 2.75) is 52.6 Å². The van der Waals surface area contributed by atoms with E-state index >= 15 is 0 Å². The molecule has 0 spiro atoms. The van der Waals surface area contributed by atoms with Gasteiger partial charge in [0.2, 0.25) is 5.91 Å². The van der Waals surface area contributed by atoms with Gasteiger partial charge in [-0.2, -0.15) is 0 Å². The lowest BCUT2D eigenvalue weighted by atomic mass is 10.0. The van der Waals surface area contributed by atoms with Crippen LogP contribution in [0, 0.1) is 11.8 Å². The molecule has 86 valence electrons. The second-order valence-corrected chi connectivity index (χ2v) is 4.26. The predicted octanol–water partition coefficient (Wildman–Crippen LogP) is 1.29. The van der Waals surface area contributed by atoms with Crippen LogP contribution in [0.1, 0.15) is 41.0 Å². The van der Waals surface area contributed by atoms with Gasteiger partial charge in [-0.15, -0.1) is 5.92 Å². The zero-order valence-electron chi connectivity index (χ0n) is 10.4. The summed E-state index contributed by atoms with van der Waals surface area (Å²) in [6.45, 7) is 10.3. The molecule has 1 atom stereocenters. The van der Waals surface area contributed by atoms with E-state index in [1.165, 1.54) is 0 Å². The lowest BCUT2D eigenvalue weighted by Crippen LogP contribution is -2.50. The quantitative estimate of drug-likeness (QED) is 0.671. The molecule has 0 bridgehead atoms. The topological polar surface area (TPSA) is 41.1 Å². The number of amides is 1. The van der Waals surface area contributed by atoms with Crippen molar-refractivity contribution in [2.75, 3.05) is 6.54 Å². The van der Waals surface area contributed by atoms with Gasteiger partial charge >= 0.3 is 0 Å². The molecule has 0 rings (SSSR count). The second-order valence-electron chi connectivity index (χ2n) is 4.26. The van der Waals surface area contributed by atoms with Crippen molar-refractivity contribution in [3.05, 3.63) is 0 Å². The fourth-order valence-corrected chi connectivity index (χ4v) is 0.915. The lowest BCUT2D eigenvalue weighted by molar-refractivity contribution is -0.124. The average molecular weight is 210 g/mol. The SMILES string of the molecule is CC#CCNC(C)C(=O)NC(C)(C)CC. The van der Waals surface area contributed by atoms with Gasteiger partial charge in [-0.3, -0.25) is 10.1 Å². The van der Waals surface area contributed by atoms with Crippen LogP contribution in [0.4, 0.5) is 0 Å². The highest BCUT2D eigenvalue weighted by Crippen LogP contribution is 2.06. The molecule has 0 saturated carbocycles. The fraction of sp³-hybridized carbons (Fsp3) is 0.750. The number of carbonyl (C=O) groups is 1. The lowest BCUT2D eigenvalue weighted by Gasteiger charge is -2.26. The molecule has 0 radical (unpaired) electrons. The summed E-state index contributed by atoms with van der Waals surface area (Å²) in [6.07, 6.45) is 0.917. The van der Waals surface area contributed by atoms with Gasteiger partial charge in [0.25, 0.3) is 0 Å². The van der Waals surface area contributed by atoms with Crippen molar-refractivity contribution in [3.63, 3.8) is 0 Å². The van der Waals surface area contributed by atoms with Crippen molar-refractivity contribution < 1.29 is 4.79 Å². The van der Waals surface area contributed by atoms with Gasteiger partial charge in [-0.05, 0) is 34.1 Å². The fourth-order valence-electron chi connectivity index (χ4n) is 0.915. The Kier molecular flexibility index (Phi) is 6.03. The third-order valence-corrected chi connectivity index (χ3v) is 2.41. The molecule has 0 heterocycles. The van der Waals surface area contributed by atoms with Crippen molar-refractivity contribution in [3.8, 4) is 11.8 Å². The molecule has 1 amide bonds. The highest BCUT2D eigenvalue weighted by molar-refractivity contribution is 5.81. The summed E-state index contributed by atoms with van der Waals surface area (Å²) in [4.78, 5) is 11.7. The molecular weight excluding hydrogens is 188 g/mol. The normalized spacial score (nSPS) is 12.6. The second kappa shape index (κ2) is 6.47. The van der Waals surface area contributed by atoms with Crippen LogP contribution in [0.2, 0.25) is 0 Å². The van der Waals surface area contributed by atoms with E-state index in [0.29, 0.717) is 6.54 Å². The molecular formula is C12H22N2O. The van der Waals surface area contributed by atoms with E-state index in [1.54, 1.807) is 6.92 Å². The molecule has 3 nitrogen and oxygen atoms in total. The van der Waals surface area contributed by atoms with E-state index < -0.39 is 0 Å². The Morgan fingerprint density at radius 1 is 1.47 bits per heavy atom. The van der Waals surface area contributed by atoms with Crippen molar-refractivity contribution in [1.82, 2.24) is 10.6 Å². The van der Waals surface area contributed by atoms with Crippen LogP contribution in [0.15, 0.2) is 0 Å². The highest BCUT2D eigenvalue weighted by atomic mass is 16.2. The molecule has 15 heavy (non-hydrogen) atoms. The predicted molar refractivity (Wildman–Crippen MR) is 63.4 cm³/mol. The summed E-state index contributed by atoms with van der Waals surface area (Å²) in [6, 6.07) is -0.198. The first kappa shape index (κ1) is 14.0. The maximum absolute atomic E-state index is 11.7. The molecule has 0 aliphatic heterocycles. The van der Waals surface area contributed by atoms with Crippen molar-refractivity contribution >= 4 is 5.91 Å². The number of nitrogens with one attached hydrogen (secondary N) is 2. The summed E-state index contributed by atoms with van der Waals surface area (Å²) in [7, 11) is 0. The van der Waals surface area contributed by atoms with E-state index in [1.807, 2.05) is 20.8 Å². The van der Waals surface area contributed by atoms with Crippen LogP contribution in [0.25, 0.3) is 0 Å². The van der Waals surface area contributed by atoms with Gasteiger partial charge in [0.15, 0.2) is 0 Å². The average Bonchev–Trinajstić information content (AvgIpc) is 2.17. The van der Waals surface area contributed by atoms with Crippen molar-refractivity contribution in [2.24, 2.45) is 0 Å². The smallest absolute Gasteiger partial charge is 0.237 e. The van der Waals surface area contributed by atoms with Gasteiger partial charge in [0, 0.05) is 5.54 Å². The van der Waals surface area contributed by atoms with E-state index in [-0.39, 0.29) is 17.5 Å². The minimum absolute atomic E-state index is 0.0275. The molecule has 0 aliphatic carbocycles. The summed E-state index contributed by atoms with van der Waals surface area (Å²) in [5, 5.41) is 6.03. The highest BCUT2D eigenvalue weighted by Gasteiger charge is 2.20. The molecule has 0 fully saturated rings. The van der Waals surface area contributed by atoms with Crippen LogP contribution in [-0.4, -0.2) is 24.0 Å². The van der Waals surface area contributed by atoms with Crippen LogP contribution < -0.4 is 10.6 Å². The van der Waals surface area contributed by atoms with Gasteiger partial charge in [-0.1, -0.05) is 12.8 Å². The third-order valence-electron chi connectivity index (χ3n) is 2.41. The van der Waals surface area contributed by atoms with Crippen LogP contribution >= 0.6 is 0 Å². The third kappa shape index (κ3) is 6.14. The largest absolute Gasteiger partial charge is 0.350 e. The Bertz CT molecular complexity index is 261. The molecule has 0 aromatic heterocycles. The zero-order valence-corrected chi connectivity index (χ0v) is 10.4. The van der Waals surface area contributed by atoms with Gasteiger partial charge < -0.3 is 5.32 Å². The Labute approximate surface area is 93.0 Å². The first-order valence-electron chi connectivity index (χ1n) is 5.38. The molecule has 0 aromatic carbocycles. The van der Waals surface area contributed by atoms with E-state index in [9.17, 15) is 4.79 Å². The summed E-state index contributed by atoms with van der Waals surface area (Å²) in [5.41, 5.74) is -0.135. The van der Waals surface area contributed by atoms with E-state index in [0.717, 1.165) is 6.42 Å². The maximum atomic E-state index is 11.7. The molecule has 0 aliphatic rings. The molecule has 0 aromatic rings. The molecule has 1 unspecified atom stereocenters. The van der Waals surface area contributed by atoms with Gasteiger partial charge in [0.05, 0.1) is 12.6 Å². The van der Waals surface area contributed by atoms with E-state index in [2.05, 4.69) is 29.4 Å². The summed E-state index contributed by atoms with van der Waals surface area (Å²) < 4.78 is 0. The van der Waals surface area contributed by atoms with E-state index in [4.69, 9.17) is 0 Å². The number of carbonyl (C=O) groups excluding carboxylic acids is 1. The van der Waals surface area contributed by atoms with Crippen molar-refractivity contribution in [1.29, 1.82) is 0 Å². The molecule has 0 saturated heterocycles. The van der Waals surface area contributed by atoms with Gasteiger partial charge in [0.1, 0.15) is 0 Å². The van der Waals surface area contributed by atoms with Gasteiger partial charge in [-0.25, -0.2) is 0 Å². The summed E-state index contributed by atoms with van der Waals surface area (Å²) >= 11 is 0. The Morgan fingerprint density at radius 3 is 2.53 bits per heavy atom. The summed E-state index contributed by atoms with van der Waals surface area (Å²) in [5.74, 6) is 5.67. The maximum Gasteiger partial charge on any atom is 0.237 e. The molecule has 3 heteroatoms. The first-order valence-corrected chi connectivity index (χ1v) is 5.38. The minimum atomic E-state index is -0.198. The Balaban J connectivity index is 4.02. The number of rotatable bonds is 5. The van der Waals surface area contributed by atoms with Crippen LogP contribution in [0.3, 0.4) is 0 Å². The standard InChI is InChI=1S/C12H22N2O/c1-6-8-9-13-10(3)11(15)14-12(4,5)7-2/h10,13H,7,9H2,1-5H3,(H,14,15).